The Hall–Kier alpha value is -4.23. The van der Waals surface area contributed by atoms with E-state index in [0.29, 0.717) is 41.0 Å². The highest BCUT2D eigenvalue weighted by molar-refractivity contribution is 6.12. The number of hydrogen-bond acceptors (Lipinski definition) is 9. The number of allylic oxidation sites excluding steroid dienone is 2. The summed E-state index contributed by atoms with van der Waals surface area (Å²) in [6.45, 7) is 12.8. The Balaban J connectivity index is 1.43. The van der Waals surface area contributed by atoms with E-state index in [4.69, 9.17) is 9.47 Å². The van der Waals surface area contributed by atoms with Crippen molar-refractivity contribution in [1.82, 2.24) is 29.4 Å². The average Bonchev–Trinajstić information content (AvgIpc) is 3.33. The van der Waals surface area contributed by atoms with Crippen LogP contribution in [0.25, 0.3) is 11.1 Å². The van der Waals surface area contributed by atoms with Crippen LogP contribution in [-0.4, -0.2) is 75.5 Å². The molecule has 36 heavy (non-hydrogen) atoms. The molecule has 0 aliphatic carbocycles. The average molecular weight is 487 g/mol. The molecule has 0 N–H and O–H groups in total. The predicted molar refractivity (Wildman–Crippen MR) is 138 cm³/mol. The Labute approximate surface area is 210 Å². The third-order valence-electron chi connectivity index (χ3n) is 5.97. The van der Waals surface area contributed by atoms with Crippen LogP contribution in [0.5, 0.6) is 11.8 Å². The zero-order valence-electron chi connectivity index (χ0n) is 20.9. The highest BCUT2D eigenvalue weighted by Crippen LogP contribution is 2.24. The molecule has 4 heterocycles. The number of rotatable bonds is 9. The van der Waals surface area contributed by atoms with Crippen LogP contribution in [0.4, 0.5) is 0 Å². The minimum Gasteiger partial charge on any atom is -0.481 e. The maximum absolute atomic E-state index is 9.55. The van der Waals surface area contributed by atoms with Crippen molar-refractivity contribution in [2.24, 2.45) is 4.99 Å². The number of hydrogen-bond donors (Lipinski definition) is 0. The predicted octanol–water partition coefficient (Wildman–Crippen LogP) is 3.17. The van der Waals surface area contributed by atoms with E-state index in [1.54, 1.807) is 24.0 Å². The highest BCUT2D eigenvalue weighted by Gasteiger charge is 2.19. The largest absolute Gasteiger partial charge is 0.481 e. The molecule has 1 saturated heterocycles. The van der Waals surface area contributed by atoms with E-state index in [1.807, 2.05) is 38.3 Å². The standard InChI is InChI=1S/C26H30N8O2/c1-5-21(25-26-22(13-27)16-30-34(26)18-24(31-25)36-6-2)15-28-19(3)33-11-9-32(10-12-33)17-20-7-8-23(35-4)29-14-20/h5,7-8,14-16,18H,3,6,9-12,17H2,1-2,4H3/b21-5+,28-15?. The SMILES string of the molecule is C=C(N=C/C(=C\C)c1nc(OCC)cn2ncc(C#N)c12)N1CCN(Cc2ccc(OC)nc2)CC1. The number of ether oxygens (including phenoxy) is 2. The summed E-state index contributed by atoms with van der Waals surface area (Å²) in [6, 6.07) is 6.12. The van der Waals surface area contributed by atoms with Gasteiger partial charge >= 0.3 is 0 Å². The lowest BCUT2D eigenvalue weighted by atomic mass is 10.1. The fourth-order valence-corrected chi connectivity index (χ4v) is 4.04. The van der Waals surface area contributed by atoms with Gasteiger partial charge in [0, 0.05) is 56.8 Å². The third kappa shape index (κ3) is 5.53. The van der Waals surface area contributed by atoms with Gasteiger partial charge in [-0.15, -0.1) is 0 Å². The molecule has 0 radical (unpaired) electrons. The van der Waals surface area contributed by atoms with Gasteiger partial charge in [0.05, 0.1) is 26.1 Å². The van der Waals surface area contributed by atoms with Crippen molar-refractivity contribution in [2.75, 3.05) is 39.9 Å². The van der Waals surface area contributed by atoms with Crippen LogP contribution >= 0.6 is 0 Å². The molecule has 0 spiro atoms. The first-order valence-electron chi connectivity index (χ1n) is 11.8. The van der Waals surface area contributed by atoms with Gasteiger partial charge < -0.3 is 14.4 Å². The van der Waals surface area contributed by atoms with Crippen LogP contribution < -0.4 is 9.47 Å². The molecule has 1 aliphatic rings. The molecule has 0 unspecified atom stereocenters. The van der Waals surface area contributed by atoms with Crippen molar-refractivity contribution in [3.8, 4) is 17.8 Å². The second-order valence-electron chi connectivity index (χ2n) is 8.21. The monoisotopic (exact) mass is 486 g/mol. The molecule has 0 bridgehead atoms. The van der Waals surface area contributed by atoms with E-state index in [9.17, 15) is 5.26 Å². The zero-order valence-corrected chi connectivity index (χ0v) is 20.9. The van der Waals surface area contributed by atoms with Crippen LogP contribution in [0.2, 0.25) is 0 Å². The molecule has 0 amide bonds. The molecule has 3 aromatic heterocycles. The van der Waals surface area contributed by atoms with Crippen molar-refractivity contribution in [1.29, 1.82) is 5.26 Å². The minimum atomic E-state index is 0.433. The van der Waals surface area contributed by atoms with Gasteiger partial charge in [0.15, 0.2) is 0 Å². The lowest BCUT2D eigenvalue weighted by Crippen LogP contribution is -2.44. The first-order valence-corrected chi connectivity index (χ1v) is 11.8. The molecule has 3 aromatic rings. The molecular formula is C26H30N8O2. The molecule has 4 rings (SSSR count). The van der Waals surface area contributed by atoms with Crippen LogP contribution in [0, 0.1) is 11.3 Å². The van der Waals surface area contributed by atoms with Crippen LogP contribution in [0.15, 0.2) is 54.2 Å². The maximum Gasteiger partial charge on any atom is 0.232 e. The molecule has 1 aliphatic heterocycles. The molecule has 10 nitrogen and oxygen atoms in total. The van der Waals surface area contributed by atoms with E-state index in [2.05, 4.69) is 42.5 Å². The van der Waals surface area contributed by atoms with Gasteiger partial charge in [0.1, 0.15) is 28.7 Å². The first-order chi connectivity index (χ1) is 17.6. The molecule has 186 valence electrons. The maximum atomic E-state index is 9.55. The normalized spacial score (nSPS) is 14.8. The number of nitrogens with zero attached hydrogens (tertiary/aromatic N) is 8. The van der Waals surface area contributed by atoms with Gasteiger partial charge in [0.2, 0.25) is 11.8 Å². The lowest BCUT2D eigenvalue weighted by molar-refractivity contribution is 0.152. The van der Waals surface area contributed by atoms with Gasteiger partial charge in [0.25, 0.3) is 0 Å². The summed E-state index contributed by atoms with van der Waals surface area (Å²) in [5.74, 6) is 1.74. The second kappa shape index (κ2) is 11.5. The molecule has 10 heteroatoms. The van der Waals surface area contributed by atoms with Crippen LogP contribution in [0.1, 0.15) is 30.7 Å². The lowest BCUT2D eigenvalue weighted by Gasteiger charge is -2.35. The van der Waals surface area contributed by atoms with Gasteiger partial charge in [-0.05, 0) is 19.4 Å². The number of aromatic nitrogens is 4. The summed E-state index contributed by atoms with van der Waals surface area (Å²) in [7, 11) is 1.62. The Bertz CT molecular complexity index is 1310. The summed E-state index contributed by atoms with van der Waals surface area (Å²) < 4.78 is 12.4. The Morgan fingerprint density at radius 3 is 2.67 bits per heavy atom. The minimum absolute atomic E-state index is 0.433. The quantitative estimate of drug-likeness (QED) is 0.425. The van der Waals surface area contributed by atoms with E-state index in [-0.39, 0.29) is 0 Å². The van der Waals surface area contributed by atoms with Crippen molar-refractivity contribution in [3.05, 3.63) is 66.0 Å². The van der Waals surface area contributed by atoms with Gasteiger partial charge in [-0.2, -0.15) is 10.4 Å². The number of fused-ring (bicyclic) bond motifs is 1. The smallest absolute Gasteiger partial charge is 0.232 e. The fraction of sp³-hybridized carbons (Fsp3) is 0.346. The van der Waals surface area contributed by atoms with Crippen molar-refractivity contribution in [2.45, 2.75) is 20.4 Å². The topological polar surface area (TPSA) is 104 Å². The summed E-state index contributed by atoms with van der Waals surface area (Å²) in [4.78, 5) is 18.1. The number of aliphatic imine (C=N–C) groups is 1. The van der Waals surface area contributed by atoms with Gasteiger partial charge in [-0.1, -0.05) is 18.7 Å². The molecule has 0 aromatic carbocycles. The van der Waals surface area contributed by atoms with Crippen molar-refractivity contribution >= 4 is 17.3 Å². The van der Waals surface area contributed by atoms with Crippen LogP contribution in [0.3, 0.4) is 0 Å². The van der Waals surface area contributed by atoms with E-state index >= 15 is 0 Å². The first kappa shape index (κ1) is 24.9. The highest BCUT2D eigenvalue weighted by atomic mass is 16.5. The van der Waals surface area contributed by atoms with Crippen molar-refractivity contribution in [3.63, 3.8) is 0 Å². The van der Waals surface area contributed by atoms with Gasteiger partial charge in [-0.3, -0.25) is 4.90 Å². The summed E-state index contributed by atoms with van der Waals surface area (Å²) >= 11 is 0. The van der Waals surface area contributed by atoms with E-state index in [1.165, 1.54) is 6.20 Å². The molecule has 0 atom stereocenters. The molecule has 1 fully saturated rings. The Morgan fingerprint density at radius 1 is 1.22 bits per heavy atom. The molecular weight excluding hydrogens is 456 g/mol. The Morgan fingerprint density at radius 2 is 2.03 bits per heavy atom. The summed E-state index contributed by atoms with van der Waals surface area (Å²) in [6.07, 6.45) is 8.71. The second-order valence-corrected chi connectivity index (χ2v) is 8.21. The van der Waals surface area contributed by atoms with E-state index < -0.39 is 0 Å². The fourth-order valence-electron chi connectivity index (χ4n) is 4.04. The number of nitriles is 1. The number of pyridine rings is 1. The summed E-state index contributed by atoms with van der Waals surface area (Å²) in [5, 5.41) is 13.8. The van der Waals surface area contributed by atoms with E-state index in [0.717, 1.165) is 43.9 Å². The van der Waals surface area contributed by atoms with Crippen LogP contribution in [-0.2, 0) is 6.54 Å². The molecule has 0 saturated carbocycles. The van der Waals surface area contributed by atoms with Gasteiger partial charge in [-0.25, -0.2) is 19.5 Å². The zero-order chi connectivity index (χ0) is 25.5. The number of methoxy groups -OCH3 is 1. The summed E-state index contributed by atoms with van der Waals surface area (Å²) in [5.41, 5.74) is 3.56. The third-order valence-corrected chi connectivity index (χ3v) is 5.97. The van der Waals surface area contributed by atoms with Crippen molar-refractivity contribution < 1.29 is 9.47 Å². The number of piperazine rings is 1. The Kier molecular flexibility index (Phi) is 7.92.